The Balaban J connectivity index is 1.68. The molecule has 1 N–H and O–H groups in total. The van der Waals surface area contributed by atoms with Gasteiger partial charge in [-0.3, -0.25) is 4.79 Å². The van der Waals surface area contributed by atoms with Gasteiger partial charge in [0.15, 0.2) is 14.6 Å². The summed E-state index contributed by atoms with van der Waals surface area (Å²) >= 11 is 0. The second-order valence-electron chi connectivity index (χ2n) is 7.71. The minimum absolute atomic E-state index is 0.199. The molecule has 1 fully saturated rings. The number of tetrazole rings is 1. The first-order valence-electron chi connectivity index (χ1n) is 9.80. The first-order valence-corrected chi connectivity index (χ1v) is 11.3. The standard InChI is InChI=1S/C21H23N5O3S/c1-15-8-9-19(12-16(15)2)30(28,29)21(10-3-4-11-21)20(27)23-17-6-5-7-18(13-17)26-14-22-24-25-26/h5-9,12-14H,3-4,10-11H2,1-2H3,(H,23,27). The second-order valence-corrected chi connectivity index (χ2v) is 9.97. The minimum atomic E-state index is -3.86. The number of rotatable bonds is 5. The van der Waals surface area contributed by atoms with Crippen LogP contribution < -0.4 is 5.32 Å². The highest BCUT2D eigenvalue weighted by Gasteiger charge is 2.53. The van der Waals surface area contributed by atoms with E-state index in [2.05, 4.69) is 20.8 Å². The molecule has 0 bridgehead atoms. The van der Waals surface area contributed by atoms with Crippen molar-refractivity contribution in [1.29, 1.82) is 0 Å². The number of nitrogens with zero attached hydrogens (tertiary/aromatic N) is 4. The topological polar surface area (TPSA) is 107 Å². The van der Waals surface area contributed by atoms with Gasteiger partial charge in [0.05, 0.1) is 10.6 Å². The van der Waals surface area contributed by atoms with Gasteiger partial charge in [0, 0.05) is 5.69 Å². The molecule has 1 aliphatic carbocycles. The van der Waals surface area contributed by atoms with Crippen molar-refractivity contribution in [2.45, 2.75) is 49.2 Å². The lowest BCUT2D eigenvalue weighted by atomic mass is 10.1. The van der Waals surface area contributed by atoms with Gasteiger partial charge >= 0.3 is 0 Å². The van der Waals surface area contributed by atoms with Crippen LogP contribution in [0.1, 0.15) is 36.8 Å². The Morgan fingerprint density at radius 1 is 1.07 bits per heavy atom. The highest BCUT2D eigenvalue weighted by molar-refractivity contribution is 7.93. The lowest BCUT2D eigenvalue weighted by Crippen LogP contribution is -2.47. The largest absolute Gasteiger partial charge is 0.325 e. The number of anilines is 1. The van der Waals surface area contributed by atoms with Gasteiger partial charge < -0.3 is 5.32 Å². The predicted octanol–water partition coefficient (Wildman–Crippen LogP) is 3.00. The molecule has 30 heavy (non-hydrogen) atoms. The van der Waals surface area contributed by atoms with Crippen LogP contribution in [0, 0.1) is 13.8 Å². The summed E-state index contributed by atoms with van der Waals surface area (Å²) in [4.78, 5) is 13.6. The van der Waals surface area contributed by atoms with Crippen LogP contribution in [-0.4, -0.2) is 39.3 Å². The molecular formula is C21H23N5O3S. The summed E-state index contributed by atoms with van der Waals surface area (Å²) in [7, 11) is -3.86. The first kappa shape index (κ1) is 20.2. The van der Waals surface area contributed by atoms with E-state index in [-0.39, 0.29) is 4.90 Å². The Hall–Kier alpha value is -3.07. The molecule has 3 aromatic rings. The van der Waals surface area contributed by atoms with Gasteiger partial charge in [-0.1, -0.05) is 25.0 Å². The molecule has 1 saturated carbocycles. The maximum Gasteiger partial charge on any atom is 0.246 e. The van der Waals surface area contributed by atoms with Crippen LogP contribution in [0.5, 0.6) is 0 Å². The first-order chi connectivity index (χ1) is 14.3. The van der Waals surface area contributed by atoms with Crippen molar-refractivity contribution in [3.05, 3.63) is 59.9 Å². The Morgan fingerprint density at radius 3 is 2.50 bits per heavy atom. The molecule has 1 aliphatic rings. The number of benzene rings is 2. The van der Waals surface area contributed by atoms with E-state index in [4.69, 9.17) is 0 Å². The molecule has 0 atom stereocenters. The van der Waals surface area contributed by atoms with Gasteiger partial charge in [-0.2, -0.15) is 0 Å². The van der Waals surface area contributed by atoms with Crippen molar-refractivity contribution in [2.24, 2.45) is 0 Å². The summed E-state index contributed by atoms with van der Waals surface area (Å²) in [6, 6.07) is 12.0. The fourth-order valence-corrected chi connectivity index (χ4v) is 6.07. The van der Waals surface area contributed by atoms with Gasteiger partial charge in [-0.25, -0.2) is 13.1 Å². The molecule has 1 aromatic heterocycles. The summed E-state index contributed by atoms with van der Waals surface area (Å²) in [6.45, 7) is 3.81. The Kier molecular flexibility index (Phi) is 5.15. The summed E-state index contributed by atoms with van der Waals surface area (Å²) < 4.78 is 27.2. The Morgan fingerprint density at radius 2 is 1.83 bits per heavy atom. The van der Waals surface area contributed by atoms with Gasteiger partial charge in [0.2, 0.25) is 5.91 Å². The third-order valence-corrected chi connectivity index (χ3v) is 8.34. The SMILES string of the molecule is Cc1ccc(S(=O)(=O)C2(C(=O)Nc3cccc(-n4cnnn4)c3)CCCC2)cc1C. The van der Waals surface area contributed by atoms with Crippen LogP contribution in [0.2, 0.25) is 0 Å². The van der Waals surface area contributed by atoms with Crippen LogP contribution >= 0.6 is 0 Å². The summed E-state index contributed by atoms with van der Waals surface area (Å²) in [5.41, 5.74) is 3.06. The van der Waals surface area contributed by atoms with Crippen LogP contribution in [0.3, 0.4) is 0 Å². The lowest BCUT2D eigenvalue weighted by molar-refractivity contribution is -0.118. The second kappa shape index (κ2) is 7.64. The fourth-order valence-electron chi connectivity index (χ4n) is 3.92. The van der Waals surface area contributed by atoms with Crippen LogP contribution in [0.25, 0.3) is 5.69 Å². The van der Waals surface area contributed by atoms with Crippen molar-refractivity contribution in [2.75, 3.05) is 5.32 Å². The average Bonchev–Trinajstić information content (AvgIpc) is 3.43. The molecule has 0 aliphatic heterocycles. The van der Waals surface area contributed by atoms with Crippen molar-refractivity contribution >= 4 is 21.4 Å². The number of hydrogen-bond acceptors (Lipinski definition) is 6. The molecule has 2 aromatic carbocycles. The molecular weight excluding hydrogens is 402 g/mol. The highest BCUT2D eigenvalue weighted by atomic mass is 32.2. The molecule has 1 heterocycles. The molecule has 0 unspecified atom stereocenters. The van der Waals surface area contributed by atoms with E-state index in [1.165, 1.54) is 11.0 Å². The molecule has 8 nitrogen and oxygen atoms in total. The zero-order valence-electron chi connectivity index (χ0n) is 16.9. The Bertz CT molecular complexity index is 1180. The summed E-state index contributed by atoms with van der Waals surface area (Å²) in [6.07, 6.45) is 3.45. The number of amides is 1. The zero-order valence-corrected chi connectivity index (χ0v) is 17.7. The van der Waals surface area contributed by atoms with E-state index in [1.54, 1.807) is 42.5 Å². The number of aromatic nitrogens is 4. The lowest BCUT2D eigenvalue weighted by Gasteiger charge is -2.28. The van der Waals surface area contributed by atoms with E-state index in [0.29, 0.717) is 37.1 Å². The third kappa shape index (κ3) is 3.39. The van der Waals surface area contributed by atoms with Gasteiger partial charge in [-0.15, -0.1) is 5.10 Å². The molecule has 4 rings (SSSR count). The highest BCUT2D eigenvalue weighted by Crippen LogP contribution is 2.41. The number of nitrogens with one attached hydrogen (secondary N) is 1. The maximum atomic E-state index is 13.6. The van der Waals surface area contributed by atoms with Crippen LogP contribution in [-0.2, 0) is 14.6 Å². The maximum absolute atomic E-state index is 13.6. The summed E-state index contributed by atoms with van der Waals surface area (Å²) in [5, 5.41) is 13.9. The molecule has 1 amide bonds. The number of carbonyl (C=O) groups is 1. The predicted molar refractivity (Wildman–Crippen MR) is 112 cm³/mol. The van der Waals surface area contributed by atoms with Crippen molar-refractivity contribution in [1.82, 2.24) is 20.2 Å². The van der Waals surface area contributed by atoms with Crippen molar-refractivity contribution < 1.29 is 13.2 Å². The number of aryl methyl sites for hydroxylation is 2. The fraction of sp³-hybridized carbons (Fsp3) is 0.333. The normalized spacial score (nSPS) is 15.8. The molecule has 0 radical (unpaired) electrons. The van der Waals surface area contributed by atoms with Gasteiger partial charge in [0.1, 0.15) is 6.33 Å². The van der Waals surface area contributed by atoms with E-state index >= 15 is 0 Å². The molecule has 9 heteroatoms. The van der Waals surface area contributed by atoms with E-state index in [9.17, 15) is 13.2 Å². The minimum Gasteiger partial charge on any atom is -0.325 e. The van der Waals surface area contributed by atoms with Crippen molar-refractivity contribution in [3.8, 4) is 5.69 Å². The third-order valence-electron chi connectivity index (χ3n) is 5.85. The number of sulfone groups is 1. The van der Waals surface area contributed by atoms with Crippen LogP contribution in [0.4, 0.5) is 5.69 Å². The van der Waals surface area contributed by atoms with Crippen molar-refractivity contribution in [3.63, 3.8) is 0 Å². The molecule has 0 spiro atoms. The van der Waals surface area contributed by atoms with E-state index in [1.807, 2.05) is 13.8 Å². The Labute approximate surface area is 175 Å². The zero-order chi connectivity index (χ0) is 21.4. The smallest absolute Gasteiger partial charge is 0.246 e. The monoisotopic (exact) mass is 425 g/mol. The van der Waals surface area contributed by atoms with E-state index < -0.39 is 20.5 Å². The quantitative estimate of drug-likeness (QED) is 0.673. The van der Waals surface area contributed by atoms with Gasteiger partial charge in [0.25, 0.3) is 0 Å². The molecule has 156 valence electrons. The summed E-state index contributed by atoms with van der Waals surface area (Å²) in [5.74, 6) is -0.493. The molecule has 0 saturated heterocycles. The number of carbonyl (C=O) groups excluding carboxylic acids is 1. The van der Waals surface area contributed by atoms with Gasteiger partial charge in [-0.05, 0) is 78.6 Å². The average molecular weight is 426 g/mol. The number of hydrogen-bond donors (Lipinski definition) is 1. The van der Waals surface area contributed by atoms with E-state index in [0.717, 1.165) is 11.1 Å². The van der Waals surface area contributed by atoms with Crippen LogP contribution in [0.15, 0.2) is 53.7 Å².